The summed E-state index contributed by atoms with van der Waals surface area (Å²) in [5, 5.41) is 13.9. The van der Waals surface area contributed by atoms with Crippen molar-refractivity contribution in [2.75, 3.05) is 13.1 Å². The van der Waals surface area contributed by atoms with Gasteiger partial charge in [-0.05, 0) is 25.8 Å². The lowest BCUT2D eigenvalue weighted by atomic mass is 10.2. The van der Waals surface area contributed by atoms with E-state index in [1.54, 1.807) is 0 Å². The van der Waals surface area contributed by atoms with E-state index in [0.29, 0.717) is 30.3 Å². The Bertz CT molecular complexity index is 596. The van der Waals surface area contributed by atoms with Crippen LogP contribution in [-0.2, 0) is 10.0 Å². The first-order valence-corrected chi connectivity index (χ1v) is 8.74. The van der Waals surface area contributed by atoms with Gasteiger partial charge in [-0.25, -0.2) is 13.1 Å². The van der Waals surface area contributed by atoms with Gasteiger partial charge >= 0.3 is 0 Å². The number of sulfonamides is 1. The van der Waals surface area contributed by atoms with Gasteiger partial charge in [0.2, 0.25) is 10.0 Å². The smallest absolute Gasteiger partial charge is 0.300 e. The van der Waals surface area contributed by atoms with E-state index in [0.717, 1.165) is 25.5 Å². The minimum Gasteiger partial charge on any atom is -0.314 e. The molecule has 7 nitrogen and oxygen atoms in total. The Morgan fingerprint density at radius 1 is 1.60 bits per heavy atom. The molecule has 20 heavy (non-hydrogen) atoms. The highest BCUT2D eigenvalue weighted by molar-refractivity contribution is 7.91. The van der Waals surface area contributed by atoms with Crippen LogP contribution in [0, 0.1) is 10.1 Å². The third-order valence-electron chi connectivity index (χ3n) is 3.05. The minimum atomic E-state index is -3.74. The van der Waals surface area contributed by atoms with Crippen LogP contribution in [0.15, 0.2) is 10.3 Å². The van der Waals surface area contributed by atoms with Crippen LogP contribution in [0.4, 0.5) is 5.69 Å². The summed E-state index contributed by atoms with van der Waals surface area (Å²) in [6.45, 7) is 1.26. The van der Waals surface area contributed by atoms with Gasteiger partial charge in [0.05, 0.1) is 4.92 Å². The second kappa shape index (κ2) is 6.35. The molecule has 0 aromatic carbocycles. The molecule has 1 aliphatic heterocycles. The number of nitro groups is 1. The van der Waals surface area contributed by atoms with Crippen LogP contribution < -0.4 is 10.0 Å². The van der Waals surface area contributed by atoms with Crippen LogP contribution in [0.2, 0.25) is 4.34 Å². The maximum atomic E-state index is 12.0. The summed E-state index contributed by atoms with van der Waals surface area (Å²) in [5.41, 5.74) is -0.380. The normalized spacial score (nSPS) is 19.4. The minimum absolute atomic E-state index is 0.131. The monoisotopic (exact) mass is 339 g/mol. The van der Waals surface area contributed by atoms with E-state index in [2.05, 4.69) is 10.0 Å². The molecule has 0 aliphatic carbocycles. The van der Waals surface area contributed by atoms with Crippen LogP contribution >= 0.6 is 22.9 Å². The van der Waals surface area contributed by atoms with Crippen LogP contribution in [0.3, 0.4) is 0 Å². The van der Waals surface area contributed by atoms with Gasteiger partial charge in [-0.1, -0.05) is 11.6 Å². The first kappa shape index (κ1) is 15.6. The molecule has 0 spiro atoms. The van der Waals surface area contributed by atoms with E-state index in [1.807, 2.05) is 0 Å². The first-order chi connectivity index (χ1) is 9.40. The zero-order valence-corrected chi connectivity index (χ0v) is 12.9. The lowest BCUT2D eigenvalue weighted by Crippen LogP contribution is -2.30. The van der Waals surface area contributed by atoms with Crippen LogP contribution in [0.25, 0.3) is 0 Å². The summed E-state index contributed by atoms with van der Waals surface area (Å²) in [6.07, 6.45) is 2.84. The SMILES string of the molecule is O=[N+]([O-])c1cc(S(=O)(=O)NCC[C@H]2CCCN2)sc1Cl. The number of nitrogens with zero attached hydrogens (tertiary/aromatic N) is 1. The fraction of sp³-hybridized carbons (Fsp3) is 0.600. The lowest BCUT2D eigenvalue weighted by Gasteiger charge is -2.10. The predicted octanol–water partition coefficient (Wildman–Crippen LogP) is 1.73. The molecule has 1 aromatic rings. The van der Waals surface area contributed by atoms with Gasteiger partial charge in [0, 0.05) is 18.7 Å². The maximum absolute atomic E-state index is 12.0. The number of thiophene rings is 1. The predicted molar refractivity (Wildman–Crippen MR) is 76.8 cm³/mol. The van der Waals surface area contributed by atoms with Crippen molar-refractivity contribution < 1.29 is 13.3 Å². The fourth-order valence-corrected chi connectivity index (χ4v) is 4.79. The molecule has 10 heteroatoms. The van der Waals surface area contributed by atoms with Gasteiger partial charge in [-0.2, -0.15) is 0 Å². The number of hydrogen-bond acceptors (Lipinski definition) is 6. The van der Waals surface area contributed by atoms with E-state index in [4.69, 9.17) is 11.6 Å². The van der Waals surface area contributed by atoms with Crippen molar-refractivity contribution in [3.05, 3.63) is 20.5 Å². The van der Waals surface area contributed by atoms with Crippen LogP contribution in [-0.4, -0.2) is 32.5 Å². The number of halogens is 1. The molecule has 0 saturated carbocycles. The lowest BCUT2D eigenvalue weighted by molar-refractivity contribution is -0.384. The molecule has 2 heterocycles. The molecule has 0 bridgehead atoms. The number of hydrogen-bond donors (Lipinski definition) is 2. The first-order valence-electron chi connectivity index (χ1n) is 6.07. The summed E-state index contributed by atoms with van der Waals surface area (Å²) in [5.74, 6) is 0. The van der Waals surface area contributed by atoms with E-state index < -0.39 is 14.9 Å². The summed E-state index contributed by atoms with van der Waals surface area (Å²) < 4.78 is 26.2. The van der Waals surface area contributed by atoms with E-state index in [9.17, 15) is 18.5 Å². The molecule has 2 rings (SSSR count). The Kier molecular flexibility index (Phi) is 4.97. The highest BCUT2D eigenvalue weighted by atomic mass is 35.5. The summed E-state index contributed by atoms with van der Waals surface area (Å²) in [4.78, 5) is 9.96. The second-order valence-electron chi connectivity index (χ2n) is 4.46. The van der Waals surface area contributed by atoms with Crippen molar-refractivity contribution in [3.8, 4) is 0 Å². The van der Waals surface area contributed by atoms with Crippen molar-refractivity contribution in [3.63, 3.8) is 0 Å². The molecular formula is C10H14ClN3O4S2. The Morgan fingerprint density at radius 2 is 2.35 bits per heavy atom. The summed E-state index contributed by atoms with van der Waals surface area (Å²) >= 11 is 6.35. The highest BCUT2D eigenvalue weighted by Crippen LogP contribution is 2.36. The van der Waals surface area contributed by atoms with E-state index in [-0.39, 0.29) is 14.2 Å². The molecule has 1 aliphatic rings. The van der Waals surface area contributed by atoms with Crippen molar-refractivity contribution in [1.82, 2.24) is 10.0 Å². The van der Waals surface area contributed by atoms with Gasteiger partial charge in [0.15, 0.2) is 4.34 Å². The van der Waals surface area contributed by atoms with Crippen LogP contribution in [0.5, 0.6) is 0 Å². The van der Waals surface area contributed by atoms with Gasteiger partial charge in [0.25, 0.3) is 5.69 Å². The summed E-state index contributed by atoms with van der Waals surface area (Å²) in [7, 11) is -3.74. The molecule has 0 amide bonds. The van der Waals surface area contributed by atoms with Crippen LogP contribution in [0.1, 0.15) is 19.3 Å². The molecule has 1 atom stereocenters. The average Bonchev–Trinajstić information content (AvgIpc) is 2.98. The molecule has 0 radical (unpaired) electrons. The number of nitrogens with one attached hydrogen (secondary N) is 2. The van der Waals surface area contributed by atoms with Crippen molar-refractivity contribution in [2.24, 2.45) is 0 Å². The maximum Gasteiger partial charge on any atom is 0.300 e. The van der Waals surface area contributed by atoms with Crippen molar-refractivity contribution >= 4 is 38.6 Å². The largest absolute Gasteiger partial charge is 0.314 e. The zero-order valence-electron chi connectivity index (χ0n) is 10.5. The highest BCUT2D eigenvalue weighted by Gasteiger charge is 2.25. The third-order valence-corrected chi connectivity index (χ3v) is 6.33. The molecule has 1 fully saturated rings. The molecule has 1 aromatic heterocycles. The topological polar surface area (TPSA) is 101 Å². The Labute approximate surface area is 125 Å². The van der Waals surface area contributed by atoms with E-state index in [1.165, 1.54) is 0 Å². The van der Waals surface area contributed by atoms with Gasteiger partial charge in [-0.15, -0.1) is 11.3 Å². The standard InChI is InChI=1S/C10H14ClN3O4S2/c11-10-8(14(15)16)6-9(19-10)20(17,18)13-5-3-7-2-1-4-12-7/h6-7,12-13H,1-5H2/t7-/m1/s1. The molecule has 112 valence electrons. The molecule has 1 saturated heterocycles. The van der Waals surface area contributed by atoms with Crippen molar-refractivity contribution in [2.45, 2.75) is 29.5 Å². The third kappa shape index (κ3) is 3.67. The van der Waals surface area contributed by atoms with Gasteiger partial charge < -0.3 is 5.32 Å². The van der Waals surface area contributed by atoms with E-state index >= 15 is 0 Å². The Hall–Kier alpha value is -0.740. The van der Waals surface area contributed by atoms with Crippen molar-refractivity contribution in [1.29, 1.82) is 0 Å². The quantitative estimate of drug-likeness (QED) is 0.607. The fourth-order valence-electron chi connectivity index (χ4n) is 2.04. The summed E-state index contributed by atoms with van der Waals surface area (Å²) in [6, 6.07) is 1.32. The Balaban J connectivity index is 1.98. The average molecular weight is 340 g/mol. The number of rotatable bonds is 6. The molecule has 2 N–H and O–H groups in total. The molecule has 0 unspecified atom stereocenters. The second-order valence-corrected chi connectivity index (χ2v) is 8.11. The molecular weight excluding hydrogens is 326 g/mol. The zero-order chi connectivity index (χ0) is 14.8. The van der Waals surface area contributed by atoms with Gasteiger partial charge in [0.1, 0.15) is 4.21 Å². The van der Waals surface area contributed by atoms with Gasteiger partial charge in [-0.3, -0.25) is 10.1 Å². The Morgan fingerprint density at radius 3 is 2.90 bits per heavy atom.